The van der Waals surface area contributed by atoms with Crippen LogP contribution in [0.1, 0.15) is 34.1 Å². The Labute approximate surface area is 201 Å². The number of thiocarbonyl (C=S) groups is 1. The van der Waals surface area contributed by atoms with E-state index in [9.17, 15) is 14.0 Å². The number of benzene rings is 3. The topological polar surface area (TPSA) is 79.5 Å². The first kappa shape index (κ1) is 24.2. The molecule has 3 rings (SSSR count). The Balaban J connectivity index is 1.64. The lowest BCUT2D eigenvalue weighted by atomic mass is 10.1. The first-order chi connectivity index (χ1) is 15.9. The molecular formula is C24H21ClFN3O3S. The minimum atomic E-state index is -0.573. The molecular weight excluding hydrogens is 465 g/mol. The molecule has 3 aromatic rings. The highest BCUT2D eigenvalue weighted by atomic mass is 35.5. The maximum Gasteiger partial charge on any atom is 0.261 e. The van der Waals surface area contributed by atoms with Crippen LogP contribution in [0.25, 0.3) is 0 Å². The summed E-state index contributed by atoms with van der Waals surface area (Å²) in [5.41, 5.74) is 1.55. The van der Waals surface area contributed by atoms with E-state index in [1.807, 2.05) is 6.92 Å². The van der Waals surface area contributed by atoms with Gasteiger partial charge in [-0.05, 0) is 67.2 Å². The van der Waals surface area contributed by atoms with Crippen molar-refractivity contribution in [3.63, 3.8) is 0 Å². The van der Waals surface area contributed by atoms with Gasteiger partial charge in [-0.3, -0.25) is 14.9 Å². The van der Waals surface area contributed by atoms with Crippen molar-refractivity contribution in [1.29, 1.82) is 0 Å². The van der Waals surface area contributed by atoms with Gasteiger partial charge in [0.25, 0.3) is 11.8 Å². The number of hydrogen-bond donors (Lipinski definition) is 3. The van der Waals surface area contributed by atoms with E-state index in [1.165, 1.54) is 18.2 Å². The molecule has 6 nitrogen and oxygen atoms in total. The quantitative estimate of drug-likeness (QED) is 0.377. The van der Waals surface area contributed by atoms with Gasteiger partial charge in [0.1, 0.15) is 11.6 Å². The van der Waals surface area contributed by atoms with Crippen molar-refractivity contribution >= 4 is 52.1 Å². The van der Waals surface area contributed by atoms with Gasteiger partial charge in [0.15, 0.2) is 5.11 Å². The van der Waals surface area contributed by atoms with Gasteiger partial charge in [-0.15, -0.1) is 0 Å². The number of para-hydroxylation sites is 1. The first-order valence-corrected chi connectivity index (χ1v) is 10.9. The van der Waals surface area contributed by atoms with Crippen LogP contribution in [0, 0.1) is 5.82 Å². The number of nitrogens with one attached hydrogen (secondary N) is 3. The number of halogens is 2. The lowest BCUT2D eigenvalue weighted by Crippen LogP contribution is -2.34. The molecule has 170 valence electrons. The zero-order valence-electron chi connectivity index (χ0n) is 17.7. The minimum Gasteiger partial charge on any atom is -0.493 e. The second kappa shape index (κ2) is 11.4. The van der Waals surface area contributed by atoms with Gasteiger partial charge < -0.3 is 15.4 Å². The largest absolute Gasteiger partial charge is 0.493 e. The number of carbonyl (C=O) groups excluding carboxylic acids is 2. The van der Waals surface area contributed by atoms with Crippen LogP contribution in [0.3, 0.4) is 0 Å². The van der Waals surface area contributed by atoms with E-state index in [0.29, 0.717) is 34.9 Å². The first-order valence-electron chi connectivity index (χ1n) is 10.1. The Kier molecular flexibility index (Phi) is 8.34. The molecule has 3 aromatic carbocycles. The molecule has 0 aliphatic carbocycles. The second-order valence-electron chi connectivity index (χ2n) is 6.92. The fraction of sp³-hybridized carbons (Fsp3) is 0.125. The molecule has 0 aromatic heterocycles. The van der Waals surface area contributed by atoms with E-state index in [-0.39, 0.29) is 10.1 Å². The molecule has 0 radical (unpaired) electrons. The third-order valence-electron chi connectivity index (χ3n) is 4.38. The van der Waals surface area contributed by atoms with Crippen LogP contribution in [0.5, 0.6) is 5.75 Å². The van der Waals surface area contributed by atoms with Gasteiger partial charge >= 0.3 is 0 Å². The number of rotatable bonds is 7. The maximum atomic E-state index is 13.3. The predicted octanol–water partition coefficient (Wildman–Crippen LogP) is 5.65. The highest BCUT2D eigenvalue weighted by molar-refractivity contribution is 7.80. The van der Waals surface area contributed by atoms with Crippen molar-refractivity contribution in [1.82, 2.24) is 5.32 Å². The highest BCUT2D eigenvalue weighted by Crippen LogP contribution is 2.21. The molecule has 0 aliphatic heterocycles. The molecule has 0 unspecified atom stereocenters. The summed E-state index contributed by atoms with van der Waals surface area (Å²) in [6, 6.07) is 17.3. The molecule has 0 fully saturated rings. The van der Waals surface area contributed by atoms with Gasteiger partial charge in [-0.25, -0.2) is 4.39 Å². The van der Waals surface area contributed by atoms with E-state index < -0.39 is 17.6 Å². The van der Waals surface area contributed by atoms with Crippen LogP contribution < -0.4 is 20.7 Å². The van der Waals surface area contributed by atoms with Crippen molar-refractivity contribution in [2.45, 2.75) is 13.3 Å². The number of anilines is 2. The molecule has 33 heavy (non-hydrogen) atoms. The fourth-order valence-electron chi connectivity index (χ4n) is 2.84. The second-order valence-corrected chi connectivity index (χ2v) is 7.73. The third kappa shape index (κ3) is 6.74. The summed E-state index contributed by atoms with van der Waals surface area (Å²) in [7, 11) is 0. The van der Waals surface area contributed by atoms with Gasteiger partial charge in [0.2, 0.25) is 0 Å². The molecule has 0 aliphatic rings. The average Bonchev–Trinajstić information content (AvgIpc) is 2.80. The Morgan fingerprint density at radius 1 is 0.970 bits per heavy atom. The molecule has 2 amide bonds. The van der Waals surface area contributed by atoms with Crippen LogP contribution in [-0.2, 0) is 0 Å². The monoisotopic (exact) mass is 485 g/mol. The van der Waals surface area contributed by atoms with E-state index in [0.717, 1.165) is 6.42 Å². The van der Waals surface area contributed by atoms with Crippen LogP contribution in [0.2, 0.25) is 5.02 Å². The zero-order chi connectivity index (χ0) is 23.8. The lowest BCUT2D eigenvalue weighted by molar-refractivity contribution is 0.0972. The van der Waals surface area contributed by atoms with Crippen LogP contribution in [0.4, 0.5) is 15.8 Å². The zero-order valence-corrected chi connectivity index (χ0v) is 19.2. The van der Waals surface area contributed by atoms with Crippen LogP contribution in [-0.4, -0.2) is 23.5 Å². The fourth-order valence-corrected chi connectivity index (χ4v) is 3.23. The van der Waals surface area contributed by atoms with Crippen LogP contribution >= 0.6 is 23.8 Å². The standard InChI is InChI=1S/C24H21ClFN3O3S/c1-2-12-32-21-9-4-3-8-18(21)23(31)29-24(33)28-16-7-5-6-15(13-16)22(30)27-17-10-11-20(26)19(25)14-17/h3-11,13-14H,2,12H2,1H3,(H,27,30)(H2,28,29,31,33). The van der Waals surface area contributed by atoms with Gasteiger partial charge in [-0.2, -0.15) is 0 Å². The predicted molar refractivity (Wildman–Crippen MR) is 132 cm³/mol. The summed E-state index contributed by atoms with van der Waals surface area (Å²) in [6.07, 6.45) is 0.814. The van der Waals surface area contributed by atoms with E-state index in [2.05, 4.69) is 16.0 Å². The molecule has 0 bridgehead atoms. The van der Waals surface area contributed by atoms with Crippen molar-refractivity contribution in [2.24, 2.45) is 0 Å². The van der Waals surface area contributed by atoms with Crippen molar-refractivity contribution in [2.75, 3.05) is 17.2 Å². The summed E-state index contributed by atoms with van der Waals surface area (Å²) < 4.78 is 18.9. The van der Waals surface area contributed by atoms with Crippen LogP contribution in [0.15, 0.2) is 66.7 Å². The normalized spacial score (nSPS) is 10.3. The van der Waals surface area contributed by atoms with Gasteiger partial charge in [0, 0.05) is 16.9 Å². The molecule has 3 N–H and O–H groups in total. The van der Waals surface area contributed by atoms with Crippen molar-refractivity contribution < 1.29 is 18.7 Å². The molecule has 0 saturated carbocycles. The van der Waals surface area contributed by atoms with Gasteiger partial charge in [0.05, 0.1) is 17.2 Å². The van der Waals surface area contributed by atoms with Gasteiger partial charge in [-0.1, -0.05) is 36.7 Å². The van der Waals surface area contributed by atoms with E-state index in [4.69, 9.17) is 28.6 Å². The minimum absolute atomic E-state index is 0.0631. The Morgan fingerprint density at radius 3 is 2.48 bits per heavy atom. The number of hydrogen-bond acceptors (Lipinski definition) is 4. The summed E-state index contributed by atoms with van der Waals surface area (Å²) in [4.78, 5) is 25.2. The van der Waals surface area contributed by atoms with Crippen molar-refractivity contribution in [3.8, 4) is 5.75 Å². The SMILES string of the molecule is CCCOc1ccccc1C(=O)NC(=S)Nc1cccc(C(=O)Nc2ccc(F)c(Cl)c2)c1. The summed E-state index contributed by atoms with van der Waals surface area (Å²) in [5.74, 6) is -0.935. The smallest absolute Gasteiger partial charge is 0.261 e. The molecule has 0 heterocycles. The summed E-state index contributed by atoms with van der Waals surface area (Å²) in [5, 5.41) is 8.12. The third-order valence-corrected chi connectivity index (χ3v) is 4.87. The number of ether oxygens (including phenoxy) is 1. The van der Waals surface area contributed by atoms with E-state index in [1.54, 1.807) is 48.5 Å². The Bertz CT molecular complexity index is 1190. The lowest BCUT2D eigenvalue weighted by Gasteiger charge is -2.13. The van der Waals surface area contributed by atoms with Crippen molar-refractivity contribution in [3.05, 3.63) is 88.7 Å². The highest BCUT2D eigenvalue weighted by Gasteiger charge is 2.14. The summed E-state index contributed by atoms with van der Waals surface area (Å²) in [6.45, 7) is 2.47. The number of amides is 2. The molecule has 0 atom stereocenters. The Hall–Kier alpha value is -3.49. The molecule has 0 spiro atoms. The summed E-state index contributed by atoms with van der Waals surface area (Å²) >= 11 is 11.0. The molecule has 0 saturated heterocycles. The van der Waals surface area contributed by atoms with E-state index >= 15 is 0 Å². The average molecular weight is 486 g/mol. The Morgan fingerprint density at radius 2 is 1.73 bits per heavy atom. The molecule has 9 heteroatoms. The maximum absolute atomic E-state index is 13.3. The number of carbonyl (C=O) groups is 2.